The fraction of sp³-hybridized carbons (Fsp3) is 0.500. The first-order valence-electron chi connectivity index (χ1n) is 5.24. The SMILES string of the molecule is COCCN(CCO)S(=O)(=O)c1ncccc1F. The number of sulfonamides is 1. The van der Waals surface area contributed by atoms with Crippen LogP contribution in [0.2, 0.25) is 0 Å². The maximum absolute atomic E-state index is 13.4. The van der Waals surface area contributed by atoms with E-state index in [0.29, 0.717) is 0 Å². The third-order valence-electron chi connectivity index (χ3n) is 2.20. The van der Waals surface area contributed by atoms with Crippen LogP contribution in [0.4, 0.5) is 4.39 Å². The molecule has 0 aliphatic heterocycles. The van der Waals surface area contributed by atoms with Crippen LogP contribution in [0.15, 0.2) is 23.4 Å². The van der Waals surface area contributed by atoms with Crippen LogP contribution in [-0.4, -0.2) is 56.2 Å². The van der Waals surface area contributed by atoms with Crippen LogP contribution in [0, 0.1) is 5.82 Å². The Morgan fingerprint density at radius 3 is 2.78 bits per heavy atom. The first-order valence-corrected chi connectivity index (χ1v) is 6.68. The Morgan fingerprint density at radius 1 is 1.50 bits per heavy atom. The van der Waals surface area contributed by atoms with Crippen molar-refractivity contribution in [1.29, 1.82) is 0 Å². The Morgan fingerprint density at radius 2 is 2.22 bits per heavy atom. The minimum absolute atomic E-state index is 0.0232. The Labute approximate surface area is 105 Å². The van der Waals surface area contributed by atoms with Crippen molar-refractivity contribution in [3.63, 3.8) is 0 Å². The number of hydrogen-bond acceptors (Lipinski definition) is 5. The molecule has 0 amide bonds. The fourth-order valence-electron chi connectivity index (χ4n) is 1.34. The van der Waals surface area contributed by atoms with Crippen molar-refractivity contribution in [2.45, 2.75) is 5.03 Å². The highest BCUT2D eigenvalue weighted by Gasteiger charge is 2.28. The van der Waals surface area contributed by atoms with Gasteiger partial charge in [0.25, 0.3) is 10.0 Å². The highest BCUT2D eigenvalue weighted by Crippen LogP contribution is 2.15. The first-order chi connectivity index (χ1) is 8.54. The van der Waals surface area contributed by atoms with Crippen LogP contribution < -0.4 is 0 Å². The van der Waals surface area contributed by atoms with E-state index in [-0.39, 0.29) is 26.3 Å². The number of halogens is 1. The third kappa shape index (κ3) is 3.45. The van der Waals surface area contributed by atoms with Gasteiger partial charge in [0.05, 0.1) is 13.2 Å². The number of ether oxygens (including phenoxy) is 1. The summed E-state index contributed by atoms with van der Waals surface area (Å²) in [6, 6.07) is 2.33. The molecule has 0 unspecified atom stereocenters. The van der Waals surface area contributed by atoms with Gasteiger partial charge < -0.3 is 9.84 Å². The molecule has 0 aliphatic rings. The summed E-state index contributed by atoms with van der Waals surface area (Å²) in [5.41, 5.74) is 0. The van der Waals surface area contributed by atoms with Crippen LogP contribution in [0.1, 0.15) is 0 Å². The summed E-state index contributed by atoms with van der Waals surface area (Å²) in [5.74, 6) is -0.919. The van der Waals surface area contributed by atoms with Crippen molar-refractivity contribution in [2.75, 3.05) is 33.4 Å². The fourth-order valence-corrected chi connectivity index (χ4v) is 2.73. The van der Waals surface area contributed by atoms with Crippen LogP contribution >= 0.6 is 0 Å². The second-order valence-corrected chi connectivity index (χ2v) is 5.26. The summed E-state index contributed by atoms with van der Waals surface area (Å²) < 4.78 is 43.4. The molecule has 8 heteroatoms. The molecule has 18 heavy (non-hydrogen) atoms. The van der Waals surface area contributed by atoms with Gasteiger partial charge in [0.15, 0.2) is 5.82 Å². The van der Waals surface area contributed by atoms with E-state index >= 15 is 0 Å². The van der Waals surface area contributed by atoms with E-state index in [1.807, 2.05) is 0 Å². The minimum Gasteiger partial charge on any atom is -0.395 e. The summed E-state index contributed by atoms with van der Waals surface area (Å²) in [4.78, 5) is 3.53. The lowest BCUT2D eigenvalue weighted by Gasteiger charge is -2.20. The Balaban J connectivity index is 3.05. The molecule has 0 aromatic carbocycles. The number of rotatable bonds is 7. The van der Waals surface area contributed by atoms with Crippen LogP contribution in [-0.2, 0) is 14.8 Å². The average molecular weight is 278 g/mol. The van der Waals surface area contributed by atoms with Crippen LogP contribution in [0.5, 0.6) is 0 Å². The van der Waals surface area contributed by atoms with Crippen LogP contribution in [0.3, 0.4) is 0 Å². The Kier molecular flexibility index (Phi) is 5.60. The second kappa shape index (κ2) is 6.74. The Bertz CT molecular complexity index is 481. The molecule has 1 rings (SSSR count). The van der Waals surface area contributed by atoms with Gasteiger partial charge in [-0.15, -0.1) is 0 Å². The summed E-state index contributed by atoms with van der Waals surface area (Å²) in [6.45, 7) is -0.331. The van der Waals surface area contributed by atoms with Gasteiger partial charge >= 0.3 is 0 Å². The number of aliphatic hydroxyl groups excluding tert-OH is 1. The van der Waals surface area contributed by atoms with Crippen LogP contribution in [0.25, 0.3) is 0 Å². The van der Waals surface area contributed by atoms with Gasteiger partial charge in [-0.05, 0) is 12.1 Å². The topological polar surface area (TPSA) is 79.7 Å². The second-order valence-electron chi connectivity index (χ2n) is 3.41. The lowest BCUT2D eigenvalue weighted by molar-refractivity contribution is 0.168. The van der Waals surface area contributed by atoms with Gasteiger partial charge in [-0.25, -0.2) is 17.8 Å². The molecule has 6 nitrogen and oxygen atoms in total. The smallest absolute Gasteiger partial charge is 0.263 e. The maximum Gasteiger partial charge on any atom is 0.263 e. The molecular weight excluding hydrogens is 263 g/mol. The largest absolute Gasteiger partial charge is 0.395 e. The molecule has 0 radical (unpaired) electrons. The first kappa shape index (κ1) is 15.0. The molecule has 0 aliphatic carbocycles. The molecule has 1 aromatic rings. The van der Waals surface area contributed by atoms with Gasteiger partial charge in [0.1, 0.15) is 0 Å². The quantitative estimate of drug-likeness (QED) is 0.750. The highest BCUT2D eigenvalue weighted by atomic mass is 32.2. The molecule has 1 aromatic heterocycles. The summed E-state index contributed by atoms with van der Waals surface area (Å²) in [5, 5.41) is 8.21. The van der Waals surface area contributed by atoms with E-state index in [9.17, 15) is 12.8 Å². The lowest BCUT2D eigenvalue weighted by Crippen LogP contribution is -2.37. The average Bonchev–Trinajstić information content (AvgIpc) is 2.34. The van der Waals surface area contributed by atoms with E-state index in [4.69, 9.17) is 9.84 Å². The molecule has 0 bridgehead atoms. The predicted octanol–water partition coefficient (Wildman–Crippen LogP) is -0.150. The highest BCUT2D eigenvalue weighted by molar-refractivity contribution is 7.89. The summed E-state index contributed by atoms with van der Waals surface area (Å²) in [6.07, 6.45) is 1.20. The minimum atomic E-state index is -4.06. The molecular formula is C10H15FN2O4S. The number of nitrogens with zero attached hydrogens (tertiary/aromatic N) is 2. The summed E-state index contributed by atoms with van der Waals surface area (Å²) in [7, 11) is -2.64. The van der Waals surface area contributed by atoms with Crippen molar-refractivity contribution >= 4 is 10.0 Å². The van der Waals surface area contributed by atoms with Gasteiger partial charge in [0, 0.05) is 26.4 Å². The van der Waals surface area contributed by atoms with Gasteiger partial charge in [-0.3, -0.25) is 0 Å². The predicted molar refractivity (Wildman–Crippen MR) is 61.9 cm³/mol. The molecule has 1 N–H and O–H groups in total. The van der Waals surface area contributed by atoms with Crippen molar-refractivity contribution < 1.29 is 22.7 Å². The van der Waals surface area contributed by atoms with E-state index in [1.54, 1.807) is 0 Å². The number of pyridine rings is 1. The zero-order chi connectivity index (χ0) is 13.6. The monoisotopic (exact) mass is 278 g/mol. The molecule has 0 fully saturated rings. The van der Waals surface area contributed by atoms with Crippen molar-refractivity contribution in [3.8, 4) is 0 Å². The normalized spacial score (nSPS) is 12.0. The van der Waals surface area contributed by atoms with E-state index in [0.717, 1.165) is 10.4 Å². The molecule has 0 saturated heterocycles. The molecule has 1 heterocycles. The van der Waals surface area contributed by atoms with E-state index in [2.05, 4.69) is 4.98 Å². The third-order valence-corrected chi connectivity index (χ3v) is 4.04. The Hall–Kier alpha value is -1.09. The number of aromatic nitrogens is 1. The maximum atomic E-state index is 13.4. The van der Waals surface area contributed by atoms with Gasteiger partial charge in [-0.2, -0.15) is 4.31 Å². The number of hydrogen-bond donors (Lipinski definition) is 1. The standard InChI is InChI=1S/C10H15FN2O4S/c1-17-8-6-13(5-7-14)18(15,16)10-9(11)3-2-4-12-10/h2-4,14H,5-8H2,1H3. The van der Waals surface area contributed by atoms with Crippen molar-refractivity contribution in [1.82, 2.24) is 9.29 Å². The number of aliphatic hydroxyl groups is 1. The zero-order valence-electron chi connectivity index (χ0n) is 9.91. The van der Waals surface area contributed by atoms with Crippen molar-refractivity contribution in [3.05, 3.63) is 24.1 Å². The van der Waals surface area contributed by atoms with Crippen molar-refractivity contribution in [2.24, 2.45) is 0 Å². The van der Waals surface area contributed by atoms with E-state index < -0.39 is 20.9 Å². The zero-order valence-corrected chi connectivity index (χ0v) is 10.7. The molecule has 0 atom stereocenters. The molecule has 0 spiro atoms. The number of methoxy groups -OCH3 is 1. The van der Waals surface area contributed by atoms with Gasteiger partial charge in [-0.1, -0.05) is 0 Å². The molecule has 0 saturated carbocycles. The lowest BCUT2D eigenvalue weighted by atomic mass is 10.5. The molecule has 102 valence electrons. The van der Waals surface area contributed by atoms with Gasteiger partial charge in [0.2, 0.25) is 5.03 Å². The summed E-state index contributed by atoms with van der Waals surface area (Å²) >= 11 is 0. The van der Waals surface area contributed by atoms with E-state index in [1.165, 1.54) is 19.4 Å².